The molecular weight excluding hydrogens is 268 g/mol. The van der Waals surface area contributed by atoms with Gasteiger partial charge in [-0.15, -0.1) is 0 Å². The van der Waals surface area contributed by atoms with E-state index in [1.54, 1.807) is 18.2 Å². The van der Waals surface area contributed by atoms with Crippen LogP contribution in [0.2, 0.25) is 0 Å². The molecule has 0 aliphatic heterocycles. The van der Waals surface area contributed by atoms with Crippen LogP contribution in [0.25, 0.3) is 0 Å². The molecular formula is C17H18O4. The minimum atomic E-state index is -0.409. The van der Waals surface area contributed by atoms with E-state index in [1.165, 1.54) is 19.8 Å². The van der Waals surface area contributed by atoms with Crippen molar-refractivity contribution in [1.29, 1.82) is 0 Å². The quantitative estimate of drug-likeness (QED) is 0.790. The van der Waals surface area contributed by atoms with Crippen molar-refractivity contribution < 1.29 is 19.0 Å². The Balaban J connectivity index is 2.07. The van der Waals surface area contributed by atoms with Crippen LogP contribution < -0.4 is 9.47 Å². The van der Waals surface area contributed by atoms with Crippen molar-refractivity contribution in [1.82, 2.24) is 0 Å². The molecule has 0 N–H and O–H groups in total. The number of hydrogen-bond donors (Lipinski definition) is 0. The van der Waals surface area contributed by atoms with E-state index in [0.717, 1.165) is 5.56 Å². The van der Waals surface area contributed by atoms with E-state index in [1.807, 2.05) is 31.2 Å². The molecule has 0 aromatic heterocycles. The summed E-state index contributed by atoms with van der Waals surface area (Å²) in [7, 11) is 3.08. The maximum Gasteiger partial charge on any atom is 0.338 e. The second kappa shape index (κ2) is 6.79. The first-order chi connectivity index (χ1) is 10.1. The van der Waals surface area contributed by atoms with E-state index < -0.39 is 5.97 Å². The van der Waals surface area contributed by atoms with Crippen LogP contribution >= 0.6 is 0 Å². The summed E-state index contributed by atoms with van der Waals surface area (Å²) in [5.74, 6) is 0.695. The summed E-state index contributed by atoms with van der Waals surface area (Å²) in [4.78, 5) is 12.1. The Labute approximate surface area is 124 Å². The van der Waals surface area contributed by atoms with Crippen LogP contribution in [0.4, 0.5) is 0 Å². The second-order valence-corrected chi connectivity index (χ2v) is 4.66. The summed E-state index contributed by atoms with van der Waals surface area (Å²) in [6, 6.07) is 12.8. The Bertz CT molecular complexity index is 595. The minimum Gasteiger partial charge on any atom is -0.497 e. The average Bonchev–Trinajstić information content (AvgIpc) is 2.53. The zero-order valence-corrected chi connectivity index (χ0v) is 12.4. The predicted molar refractivity (Wildman–Crippen MR) is 79.8 cm³/mol. The van der Waals surface area contributed by atoms with Gasteiger partial charge in [0.2, 0.25) is 0 Å². The number of ether oxygens (including phenoxy) is 3. The topological polar surface area (TPSA) is 44.8 Å². The number of aryl methyl sites for hydroxylation is 1. The molecule has 2 rings (SSSR count). The van der Waals surface area contributed by atoms with Crippen LogP contribution in [0.15, 0.2) is 42.5 Å². The van der Waals surface area contributed by atoms with Gasteiger partial charge in [0.25, 0.3) is 0 Å². The van der Waals surface area contributed by atoms with Crippen LogP contribution in [0.1, 0.15) is 21.5 Å². The lowest BCUT2D eigenvalue weighted by Crippen LogP contribution is -2.06. The molecule has 2 aromatic carbocycles. The van der Waals surface area contributed by atoms with E-state index in [4.69, 9.17) is 14.2 Å². The van der Waals surface area contributed by atoms with Gasteiger partial charge in [-0.25, -0.2) is 4.79 Å². The molecule has 0 aliphatic rings. The van der Waals surface area contributed by atoms with Gasteiger partial charge in [0.05, 0.1) is 19.8 Å². The highest BCUT2D eigenvalue weighted by atomic mass is 16.5. The molecule has 110 valence electrons. The molecule has 0 amide bonds. The maximum absolute atomic E-state index is 12.1. The molecule has 2 aromatic rings. The number of benzene rings is 2. The van der Waals surface area contributed by atoms with E-state index in [9.17, 15) is 4.79 Å². The highest BCUT2D eigenvalue weighted by Gasteiger charge is 2.11. The Hall–Kier alpha value is -2.49. The standard InChI is InChI=1S/C17H18O4/c1-12-4-6-13(7-5-12)11-21-17(18)14-8-15(19-2)10-16(9-14)20-3/h4-10H,11H2,1-3H3. The molecule has 0 fully saturated rings. The van der Waals surface area contributed by atoms with E-state index in [2.05, 4.69) is 0 Å². The first-order valence-corrected chi connectivity index (χ1v) is 6.58. The van der Waals surface area contributed by atoms with Crippen LogP contribution in [0.5, 0.6) is 11.5 Å². The fourth-order valence-electron chi connectivity index (χ4n) is 1.84. The molecule has 0 spiro atoms. The third-order valence-electron chi connectivity index (χ3n) is 3.08. The van der Waals surface area contributed by atoms with E-state index in [-0.39, 0.29) is 6.61 Å². The Morgan fingerprint density at radius 1 is 0.952 bits per heavy atom. The molecule has 21 heavy (non-hydrogen) atoms. The summed E-state index contributed by atoms with van der Waals surface area (Å²) >= 11 is 0. The fraction of sp³-hybridized carbons (Fsp3) is 0.235. The van der Waals surface area contributed by atoms with Gasteiger partial charge in [0, 0.05) is 6.07 Å². The molecule has 0 aliphatic carbocycles. The minimum absolute atomic E-state index is 0.235. The second-order valence-electron chi connectivity index (χ2n) is 4.66. The van der Waals surface area contributed by atoms with Crippen molar-refractivity contribution in [2.75, 3.05) is 14.2 Å². The summed E-state index contributed by atoms with van der Waals surface area (Å²) in [5.41, 5.74) is 2.52. The van der Waals surface area contributed by atoms with Gasteiger partial charge in [-0.1, -0.05) is 29.8 Å². The molecule has 4 nitrogen and oxygen atoms in total. The van der Waals surface area contributed by atoms with Crippen molar-refractivity contribution in [3.63, 3.8) is 0 Å². The number of carbonyl (C=O) groups is 1. The van der Waals surface area contributed by atoms with Gasteiger partial charge in [0.1, 0.15) is 18.1 Å². The van der Waals surface area contributed by atoms with E-state index >= 15 is 0 Å². The summed E-state index contributed by atoms with van der Waals surface area (Å²) in [6.45, 7) is 2.25. The molecule has 0 unspecified atom stereocenters. The van der Waals surface area contributed by atoms with Gasteiger partial charge >= 0.3 is 5.97 Å². The normalized spacial score (nSPS) is 10.0. The Morgan fingerprint density at radius 2 is 1.52 bits per heavy atom. The highest BCUT2D eigenvalue weighted by Crippen LogP contribution is 2.23. The highest BCUT2D eigenvalue weighted by molar-refractivity contribution is 5.90. The molecule has 0 saturated carbocycles. The van der Waals surface area contributed by atoms with Crippen LogP contribution in [-0.4, -0.2) is 20.2 Å². The lowest BCUT2D eigenvalue weighted by molar-refractivity contribution is 0.0472. The Kier molecular flexibility index (Phi) is 4.82. The van der Waals surface area contributed by atoms with Crippen molar-refractivity contribution in [2.45, 2.75) is 13.5 Å². The van der Waals surface area contributed by atoms with Crippen molar-refractivity contribution in [3.05, 3.63) is 59.2 Å². The molecule has 0 bridgehead atoms. The Morgan fingerprint density at radius 3 is 2.05 bits per heavy atom. The lowest BCUT2D eigenvalue weighted by atomic mass is 10.1. The number of carbonyl (C=O) groups excluding carboxylic acids is 1. The van der Waals surface area contributed by atoms with Crippen molar-refractivity contribution in [2.24, 2.45) is 0 Å². The monoisotopic (exact) mass is 286 g/mol. The third-order valence-corrected chi connectivity index (χ3v) is 3.08. The number of esters is 1. The van der Waals surface area contributed by atoms with Crippen molar-refractivity contribution in [3.8, 4) is 11.5 Å². The SMILES string of the molecule is COc1cc(OC)cc(C(=O)OCc2ccc(C)cc2)c1. The lowest BCUT2D eigenvalue weighted by Gasteiger charge is -2.09. The summed E-state index contributed by atoms with van der Waals surface area (Å²) in [6.07, 6.45) is 0. The van der Waals surface area contributed by atoms with Crippen molar-refractivity contribution >= 4 is 5.97 Å². The average molecular weight is 286 g/mol. The van der Waals surface area contributed by atoms with Crippen LogP contribution in [-0.2, 0) is 11.3 Å². The van der Waals surface area contributed by atoms with Crippen LogP contribution in [0.3, 0.4) is 0 Å². The van der Waals surface area contributed by atoms with Crippen LogP contribution in [0, 0.1) is 6.92 Å². The first-order valence-electron chi connectivity index (χ1n) is 6.58. The number of rotatable bonds is 5. The van der Waals surface area contributed by atoms with Gasteiger partial charge < -0.3 is 14.2 Å². The maximum atomic E-state index is 12.1. The first kappa shape index (κ1) is 14.9. The summed E-state index contributed by atoms with van der Waals surface area (Å²) in [5, 5.41) is 0. The third kappa shape index (κ3) is 3.99. The number of methoxy groups -OCH3 is 2. The zero-order chi connectivity index (χ0) is 15.2. The van der Waals surface area contributed by atoms with E-state index in [0.29, 0.717) is 17.1 Å². The van der Waals surface area contributed by atoms with Gasteiger partial charge in [-0.3, -0.25) is 0 Å². The molecule has 0 saturated heterocycles. The smallest absolute Gasteiger partial charge is 0.338 e. The van der Waals surface area contributed by atoms with Gasteiger partial charge in [0.15, 0.2) is 0 Å². The van der Waals surface area contributed by atoms with Gasteiger partial charge in [-0.2, -0.15) is 0 Å². The molecule has 0 atom stereocenters. The molecule has 4 heteroatoms. The fourth-order valence-corrected chi connectivity index (χ4v) is 1.84. The van der Waals surface area contributed by atoms with Gasteiger partial charge in [-0.05, 0) is 24.6 Å². The molecule has 0 radical (unpaired) electrons. The molecule has 0 heterocycles. The largest absolute Gasteiger partial charge is 0.497 e. The number of hydrogen-bond acceptors (Lipinski definition) is 4. The zero-order valence-electron chi connectivity index (χ0n) is 12.4. The summed E-state index contributed by atoms with van der Waals surface area (Å²) < 4.78 is 15.6. The predicted octanol–water partition coefficient (Wildman–Crippen LogP) is 3.37.